The zero-order valence-electron chi connectivity index (χ0n) is 13.7. The van der Waals surface area contributed by atoms with Crippen molar-refractivity contribution in [3.8, 4) is 0 Å². The maximum absolute atomic E-state index is 12.3. The summed E-state index contributed by atoms with van der Waals surface area (Å²) in [6.45, 7) is 1.67. The van der Waals surface area contributed by atoms with E-state index in [4.69, 9.17) is 0 Å². The van der Waals surface area contributed by atoms with Gasteiger partial charge in [-0.05, 0) is 30.2 Å². The Bertz CT molecular complexity index is 922. The Morgan fingerprint density at radius 2 is 1.58 bits per heavy atom. The summed E-state index contributed by atoms with van der Waals surface area (Å²) in [5.74, 6) is -0.183. The third-order valence-electron chi connectivity index (χ3n) is 3.42. The molecule has 130 valence electrons. The molecule has 0 radical (unpaired) electrons. The minimum absolute atomic E-state index is 0.0763. The fraction of sp³-hybridized carbons (Fsp3) is 0.250. The van der Waals surface area contributed by atoms with Crippen molar-refractivity contribution < 1.29 is 16.8 Å². The van der Waals surface area contributed by atoms with Crippen LogP contribution in [0.25, 0.3) is 0 Å². The van der Waals surface area contributed by atoms with Crippen molar-refractivity contribution >= 4 is 25.7 Å². The average molecular weight is 368 g/mol. The van der Waals surface area contributed by atoms with E-state index in [1.54, 1.807) is 43.3 Å². The first kappa shape index (κ1) is 18.4. The molecule has 0 aliphatic rings. The first-order valence-electron chi connectivity index (χ1n) is 7.19. The van der Waals surface area contributed by atoms with Gasteiger partial charge in [-0.3, -0.25) is 4.72 Å². The third-order valence-corrected chi connectivity index (χ3v) is 6.64. The number of aryl methyl sites for hydroxylation is 1. The molecule has 0 aromatic heterocycles. The Hall–Kier alpha value is -1.90. The Labute approximate surface area is 143 Å². The van der Waals surface area contributed by atoms with Gasteiger partial charge < -0.3 is 0 Å². The lowest BCUT2D eigenvalue weighted by Crippen LogP contribution is -2.23. The Morgan fingerprint density at radius 1 is 0.958 bits per heavy atom. The monoisotopic (exact) mass is 368 g/mol. The topological polar surface area (TPSA) is 83.5 Å². The van der Waals surface area contributed by atoms with Crippen LogP contribution < -0.4 is 4.72 Å². The predicted molar refractivity (Wildman–Crippen MR) is 94.7 cm³/mol. The Morgan fingerprint density at radius 3 is 2.17 bits per heavy atom. The van der Waals surface area contributed by atoms with Gasteiger partial charge >= 0.3 is 0 Å². The largest absolute Gasteiger partial charge is 0.283 e. The highest BCUT2D eigenvalue weighted by molar-refractivity contribution is 7.92. The molecule has 2 aromatic rings. The normalized spacial score (nSPS) is 12.3. The van der Waals surface area contributed by atoms with Crippen molar-refractivity contribution in [1.82, 2.24) is 4.31 Å². The molecule has 2 rings (SSSR count). The molecule has 2 aromatic carbocycles. The lowest BCUT2D eigenvalue weighted by Gasteiger charge is -2.15. The van der Waals surface area contributed by atoms with Gasteiger partial charge in [0.2, 0.25) is 20.0 Å². The second kappa shape index (κ2) is 6.92. The molecule has 0 spiro atoms. The van der Waals surface area contributed by atoms with Gasteiger partial charge in [-0.15, -0.1) is 0 Å². The van der Waals surface area contributed by atoms with Crippen LogP contribution in [-0.4, -0.2) is 35.2 Å². The number of anilines is 1. The standard InChI is InChI=1S/C16H20N2O4S2/c1-13-9-10-15(11-16(13)24(21,22)18(2)3)17-23(19,20)12-14-7-5-4-6-8-14/h4-11,17H,12H2,1-3H3. The smallest absolute Gasteiger partial charge is 0.242 e. The van der Waals surface area contributed by atoms with E-state index < -0.39 is 20.0 Å². The van der Waals surface area contributed by atoms with Crippen LogP contribution in [0, 0.1) is 6.92 Å². The maximum atomic E-state index is 12.3. The molecule has 24 heavy (non-hydrogen) atoms. The van der Waals surface area contributed by atoms with Crippen molar-refractivity contribution in [1.29, 1.82) is 0 Å². The number of nitrogens with zero attached hydrogens (tertiary/aromatic N) is 1. The summed E-state index contributed by atoms with van der Waals surface area (Å²) in [6, 6.07) is 13.2. The van der Waals surface area contributed by atoms with Crippen LogP contribution in [0.2, 0.25) is 0 Å². The zero-order valence-corrected chi connectivity index (χ0v) is 15.4. The van der Waals surface area contributed by atoms with Crippen LogP contribution in [0.4, 0.5) is 5.69 Å². The first-order valence-corrected chi connectivity index (χ1v) is 10.3. The molecule has 6 nitrogen and oxygen atoms in total. The van der Waals surface area contributed by atoms with Crippen molar-refractivity contribution in [2.75, 3.05) is 18.8 Å². The van der Waals surface area contributed by atoms with E-state index in [2.05, 4.69) is 4.72 Å². The quantitative estimate of drug-likeness (QED) is 0.847. The van der Waals surface area contributed by atoms with Gasteiger partial charge in [0, 0.05) is 19.8 Å². The van der Waals surface area contributed by atoms with Crippen LogP contribution in [-0.2, 0) is 25.8 Å². The van der Waals surface area contributed by atoms with E-state index in [0.717, 1.165) is 4.31 Å². The Kier molecular flexibility index (Phi) is 5.32. The summed E-state index contributed by atoms with van der Waals surface area (Å²) in [4.78, 5) is 0.0763. The van der Waals surface area contributed by atoms with Crippen LogP contribution in [0.1, 0.15) is 11.1 Å². The van der Waals surface area contributed by atoms with Crippen molar-refractivity contribution in [3.05, 3.63) is 59.7 Å². The second-order valence-electron chi connectivity index (χ2n) is 5.61. The number of sulfonamides is 2. The summed E-state index contributed by atoms with van der Waals surface area (Å²) in [5, 5.41) is 0. The van der Waals surface area contributed by atoms with Crippen molar-refractivity contribution in [2.24, 2.45) is 0 Å². The van der Waals surface area contributed by atoms with E-state index in [9.17, 15) is 16.8 Å². The summed E-state index contributed by atoms with van der Waals surface area (Å²) in [7, 11) is -4.42. The summed E-state index contributed by atoms with van der Waals surface area (Å²) < 4.78 is 52.7. The molecule has 0 amide bonds. The molecule has 0 aliphatic carbocycles. The Balaban J connectivity index is 2.31. The molecule has 0 saturated carbocycles. The SMILES string of the molecule is Cc1ccc(NS(=O)(=O)Cc2ccccc2)cc1S(=O)(=O)N(C)C. The molecule has 0 bridgehead atoms. The lowest BCUT2D eigenvalue weighted by atomic mass is 10.2. The molecule has 0 saturated heterocycles. The fourth-order valence-corrected chi connectivity index (χ4v) is 4.48. The van der Waals surface area contributed by atoms with Gasteiger partial charge in [0.15, 0.2) is 0 Å². The van der Waals surface area contributed by atoms with Gasteiger partial charge in [0.05, 0.1) is 10.6 Å². The van der Waals surface area contributed by atoms with E-state index >= 15 is 0 Å². The van der Waals surface area contributed by atoms with Gasteiger partial charge in [-0.2, -0.15) is 0 Å². The highest BCUT2D eigenvalue weighted by Gasteiger charge is 2.21. The van der Waals surface area contributed by atoms with Crippen LogP contribution in [0.5, 0.6) is 0 Å². The third kappa shape index (κ3) is 4.34. The summed E-state index contributed by atoms with van der Waals surface area (Å²) in [6.07, 6.45) is 0. The van der Waals surface area contributed by atoms with E-state index in [-0.39, 0.29) is 16.3 Å². The zero-order chi connectivity index (χ0) is 18.0. The van der Waals surface area contributed by atoms with Crippen LogP contribution in [0.15, 0.2) is 53.4 Å². The lowest BCUT2D eigenvalue weighted by molar-refractivity contribution is 0.520. The number of benzene rings is 2. The average Bonchev–Trinajstić information content (AvgIpc) is 2.49. The molecular weight excluding hydrogens is 348 g/mol. The van der Waals surface area contributed by atoms with Crippen molar-refractivity contribution in [3.63, 3.8) is 0 Å². The number of nitrogens with one attached hydrogen (secondary N) is 1. The summed E-state index contributed by atoms with van der Waals surface area (Å²) >= 11 is 0. The van der Waals surface area contributed by atoms with Gasteiger partial charge in [0.1, 0.15) is 0 Å². The fourth-order valence-electron chi connectivity index (χ4n) is 2.15. The number of rotatable bonds is 6. The number of hydrogen-bond acceptors (Lipinski definition) is 4. The van der Waals surface area contributed by atoms with E-state index in [1.165, 1.54) is 20.2 Å². The molecule has 1 N–H and O–H groups in total. The van der Waals surface area contributed by atoms with E-state index in [0.29, 0.717) is 11.1 Å². The van der Waals surface area contributed by atoms with E-state index in [1.807, 2.05) is 6.07 Å². The molecule has 0 unspecified atom stereocenters. The molecule has 8 heteroatoms. The van der Waals surface area contributed by atoms with Gasteiger partial charge in [0.25, 0.3) is 0 Å². The first-order chi connectivity index (χ1) is 11.1. The van der Waals surface area contributed by atoms with Gasteiger partial charge in [-0.25, -0.2) is 21.1 Å². The predicted octanol–water partition coefficient (Wildman–Crippen LogP) is 2.19. The minimum Gasteiger partial charge on any atom is -0.283 e. The summed E-state index contributed by atoms with van der Waals surface area (Å²) in [5.41, 5.74) is 1.42. The molecule has 0 aliphatic heterocycles. The second-order valence-corrected chi connectivity index (χ2v) is 9.46. The maximum Gasteiger partial charge on any atom is 0.242 e. The highest BCUT2D eigenvalue weighted by atomic mass is 32.2. The van der Waals surface area contributed by atoms with Gasteiger partial charge in [-0.1, -0.05) is 36.4 Å². The van der Waals surface area contributed by atoms with Crippen LogP contribution >= 0.6 is 0 Å². The molecular formula is C16H20N2O4S2. The highest BCUT2D eigenvalue weighted by Crippen LogP contribution is 2.23. The molecule has 0 atom stereocenters. The molecule has 0 fully saturated rings. The van der Waals surface area contributed by atoms with Crippen molar-refractivity contribution in [2.45, 2.75) is 17.6 Å². The molecule has 0 heterocycles. The minimum atomic E-state index is -3.65. The van der Waals surface area contributed by atoms with Crippen LogP contribution in [0.3, 0.4) is 0 Å². The number of hydrogen-bond donors (Lipinski definition) is 1.